The highest BCUT2D eigenvalue weighted by molar-refractivity contribution is 5.89. The molecule has 0 saturated carbocycles. The molecular weight excluding hydrogens is 344 g/mol. The molecule has 0 atom stereocenters. The molecule has 0 aliphatic heterocycles. The van der Waals surface area contributed by atoms with Gasteiger partial charge in [0, 0.05) is 26.0 Å². The number of nitrogens with one attached hydrogen (secondary N) is 2. The summed E-state index contributed by atoms with van der Waals surface area (Å²) in [6, 6.07) is 13.4. The normalized spacial score (nSPS) is 11.4. The molecule has 140 valence electrons. The average Bonchev–Trinajstić information content (AvgIpc) is 3.37. The van der Waals surface area contributed by atoms with E-state index in [1.807, 2.05) is 29.1 Å². The third-order valence-electron chi connectivity index (χ3n) is 3.97. The smallest absolute Gasteiger partial charge is 0.284 e. The zero-order valence-electron chi connectivity index (χ0n) is 15.1. The Morgan fingerprint density at radius 2 is 2.04 bits per heavy atom. The molecule has 0 spiro atoms. The number of aromatic nitrogens is 2. The molecule has 8 heteroatoms. The largest absolute Gasteiger partial charge is 0.454 e. The first kappa shape index (κ1) is 18.2. The second-order valence-corrected chi connectivity index (χ2v) is 5.85. The maximum absolute atomic E-state index is 11.0. The first-order valence-corrected chi connectivity index (χ1v) is 8.57. The number of rotatable bonds is 7. The molecule has 3 aromatic rings. The van der Waals surface area contributed by atoms with E-state index in [1.165, 1.54) is 5.56 Å². The van der Waals surface area contributed by atoms with E-state index in [4.69, 9.17) is 10.2 Å². The summed E-state index contributed by atoms with van der Waals surface area (Å²) in [5, 5.41) is 10.6. The van der Waals surface area contributed by atoms with E-state index in [0.29, 0.717) is 18.3 Å². The molecule has 0 fully saturated rings. The van der Waals surface area contributed by atoms with Crippen LogP contribution in [0.4, 0.5) is 0 Å². The van der Waals surface area contributed by atoms with Gasteiger partial charge >= 0.3 is 0 Å². The van der Waals surface area contributed by atoms with Gasteiger partial charge in [0.2, 0.25) is 0 Å². The van der Waals surface area contributed by atoms with Crippen LogP contribution in [0.25, 0.3) is 5.69 Å². The standard InChI is InChI=1S/C19H22N6O2/c1-21-19(23-13-16-7-8-17(27-16)18(20)26)22-11-9-14-3-5-15(6-4-14)25-12-2-10-24-25/h2-8,10,12H,9,11,13H2,1H3,(H2,20,26)(H2,21,22,23). The summed E-state index contributed by atoms with van der Waals surface area (Å²) in [7, 11) is 1.70. The Bertz CT molecular complexity index is 897. The monoisotopic (exact) mass is 366 g/mol. The summed E-state index contributed by atoms with van der Waals surface area (Å²) in [5.74, 6) is 0.830. The molecule has 1 aromatic carbocycles. The molecule has 1 amide bonds. The van der Waals surface area contributed by atoms with Gasteiger partial charge < -0.3 is 20.8 Å². The number of amides is 1. The molecule has 0 saturated heterocycles. The molecule has 0 bridgehead atoms. The van der Waals surface area contributed by atoms with Crippen molar-refractivity contribution in [3.05, 3.63) is 71.9 Å². The van der Waals surface area contributed by atoms with Gasteiger partial charge in [-0.05, 0) is 42.3 Å². The Kier molecular flexibility index (Phi) is 5.88. The van der Waals surface area contributed by atoms with E-state index < -0.39 is 5.91 Å². The lowest BCUT2D eigenvalue weighted by Crippen LogP contribution is -2.37. The molecule has 2 heterocycles. The summed E-state index contributed by atoms with van der Waals surface area (Å²) >= 11 is 0. The number of guanidine groups is 1. The topological polar surface area (TPSA) is 110 Å². The number of nitrogens with zero attached hydrogens (tertiary/aromatic N) is 3. The van der Waals surface area contributed by atoms with Crippen molar-refractivity contribution in [1.82, 2.24) is 20.4 Å². The quantitative estimate of drug-likeness (QED) is 0.433. The Morgan fingerprint density at radius 3 is 2.67 bits per heavy atom. The van der Waals surface area contributed by atoms with Crippen molar-refractivity contribution in [1.29, 1.82) is 0 Å². The van der Waals surface area contributed by atoms with Gasteiger partial charge in [-0.15, -0.1) is 0 Å². The number of aliphatic imine (C=N–C) groups is 1. The minimum Gasteiger partial charge on any atom is -0.454 e. The molecule has 3 rings (SSSR count). The fourth-order valence-corrected chi connectivity index (χ4v) is 2.56. The Balaban J connectivity index is 1.44. The van der Waals surface area contributed by atoms with Crippen molar-refractivity contribution in [2.75, 3.05) is 13.6 Å². The second-order valence-electron chi connectivity index (χ2n) is 5.85. The number of furan rings is 1. The lowest BCUT2D eigenvalue weighted by atomic mass is 10.1. The minimum atomic E-state index is -0.581. The van der Waals surface area contributed by atoms with Gasteiger partial charge in [0.15, 0.2) is 11.7 Å². The Labute approximate surface area is 157 Å². The van der Waals surface area contributed by atoms with Crippen LogP contribution in [0.1, 0.15) is 21.9 Å². The maximum Gasteiger partial charge on any atom is 0.284 e. The zero-order chi connectivity index (χ0) is 19.1. The fraction of sp³-hybridized carbons (Fsp3) is 0.211. The fourth-order valence-electron chi connectivity index (χ4n) is 2.56. The molecule has 0 aliphatic rings. The third kappa shape index (κ3) is 4.97. The van der Waals surface area contributed by atoms with Gasteiger partial charge in [-0.25, -0.2) is 4.68 Å². The van der Waals surface area contributed by atoms with Crippen LogP contribution in [0.3, 0.4) is 0 Å². The van der Waals surface area contributed by atoms with Crippen molar-refractivity contribution < 1.29 is 9.21 Å². The predicted molar refractivity (Wildman–Crippen MR) is 103 cm³/mol. The number of primary amides is 1. The van der Waals surface area contributed by atoms with Gasteiger partial charge in [0.25, 0.3) is 5.91 Å². The van der Waals surface area contributed by atoms with Crippen LogP contribution < -0.4 is 16.4 Å². The van der Waals surface area contributed by atoms with Crippen molar-refractivity contribution in [3.8, 4) is 5.69 Å². The van der Waals surface area contributed by atoms with E-state index in [2.05, 4.69) is 32.9 Å². The van der Waals surface area contributed by atoms with E-state index in [-0.39, 0.29) is 5.76 Å². The number of hydrogen-bond acceptors (Lipinski definition) is 4. The van der Waals surface area contributed by atoms with Crippen LogP contribution in [0, 0.1) is 0 Å². The minimum absolute atomic E-state index is 0.147. The molecule has 0 aliphatic carbocycles. The second kappa shape index (κ2) is 8.70. The highest BCUT2D eigenvalue weighted by Gasteiger charge is 2.07. The van der Waals surface area contributed by atoms with Gasteiger partial charge in [-0.2, -0.15) is 5.10 Å². The molecule has 8 nitrogen and oxygen atoms in total. The van der Waals surface area contributed by atoms with Gasteiger partial charge in [-0.3, -0.25) is 9.79 Å². The van der Waals surface area contributed by atoms with Crippen LogP contribution >= 0.6 is 0 Å². The lowest BCUT2D eigenvalue weighted by Gasteiger charge is -2.11. The molecule has 4 N–H and O–H groups in total. The van der Waals surface area contributed by atoms with E-state index in [9.17, 15) is 4.79 Å². The first-order chi connectivity index (χ1) is 13.2. The number of carbonyl (C=O) groups is 1. The van der Waals surface area contributed by atoms with Crippen LogP contribution in [0.2, 0.25) is 0 Å². The molecule has 0 radical (unpaired) electrons. The molecule has 0 unspecified atom stereocenters. The highest BCUT2D eigenvalue weighted by Crippen LogP contribution is 2.09. The van der Waals surface area contributed by atoms with Crippen molar-refractivity contribution in [2.45, 2.75) is 13.0 Å². The van der Waals surface area contributed by atoms with Gasteiger partial charge in [0.1, 0.15) is 5.76 Å². The highest BCUT2D eigenvalue weighted by atomic mass is 16.3. The maximum atomic E-state index is 11.0. The van der Waals surface area contributed by atoms with E-state index in [0.717, 1.165) is 18.7 Å². The van der Waals surface area contributed by atoms with Crippen LogP contribution in [0.15, 0.2) is 64.3 Å². The zero-order valence-corrected chi connectivity index (χ0v) is 15.1. The van der Waals surface area contributed by atoms with Gasteiger partial charge in [-0.1, -0.05) is 12.1 Å². The van der Waals surface area contributed by atoms with Crippen LogP contribution in [-0.4, -0.2) is 35.2 Å². The van der Waals surface area contributed by atoms with Crippen LogP contribution in [0.5, 0.6) is 0 Å². The summed E-state index contributed by atoms with van der Waals surface area (Å²) in [6.45, 7) is 1.14. The number of hydrogen-bond donors (Lipinski definition) is 3. The summed E-state index contributed by atoms with van der Waals surface area (Å²) < 4.78 is 7.15. The number of nitrogens with two attached hydrogens (primary N) is 1. The van der Waals surface area contributed by atoms with E-state index >= 15 is 0 Å². The van der Waals surface area contributed by atoms with Crippen molar-refractivity contribution in [2.24, 2.45) is 10.7 Å². The predicted octanol–water partition coefficient (Wildman–Crippen LogP) is 1.47. The van der Waals surface area contributed by atoms with Crippen LogP contribution in [-0.2, 0) is 13.0 Å². The summed E-state index contributed by atoms with van der Waals surface area (Å²) in [5.41, 5.74) is 7.42. The third-order valence-corrected chi connectivity index (χ3v) is 3.97. The summed E-state index contributed by atoms with van der Waals surface area (Å²) in [4.78, 5) is 15.2. The van der Waals surface area contributed by atoms with Crippen molar-refractivity contribution >= 4 is 11.9 Å². The average molecular weight is 366 g/mol. The SMILES string of the molecule is CN=C(NCCc1ccc(-n2cccn2)cc1)NCc1ccc(C(N)=O)o1. The molecular formula is C19H22N6O2. The first-order valence-electron chi connectivity index (χ1n) is 8.57. The lowest BCUT2D eigenvalue weighted by molar-refractivity contribution is 0.0972. The van der Waals surface area contributed by atoms with E-state index in [1.54, 1.807) is 25.4 Å². The van der Waals surface area contributed by atoms with Gasteiger partial charge in [0.05, 0.1) is 12.2 Å². The number of benzene rings is 1. The molecule has 2 aromatic heterocycles. The number of carbonyl (C=O) groups excluding carboxylic acids is 1. The summed E-state index contributed by atoms with van der Waals surface area (Å²) in [6.07, 6.45) is 4.53. The Hall–Kier alpha value is -3.55. The molecule has 27 heavy (non-hydrogen) atoms. The Morgan fingerprint density at radius 1 is 1.22 bits per heavy atom. The van der Waals surface area contributed by atoms with Crippen molar-refractivity contribution in [3.63, 3.8) is 0 Å².